The summed E-state index contributed by atoms with van der Waals surface area (Å²) >= 11 is 0. The number of nitrogens with zero attached hydrogens (tertiary/aromatic N) is 3. The van der Waals surface area contributed by atoms with Gasteiger partial charge < -0.3 is 19.6 Å². The fraction of sp³-hybridized carbons (Fsp3) is 0.548. The van der Waals surface area contributed by atoms with Gasteiger partial charge in [0.15, 0.2) is 5.78 Å². The van der Waals surface area contributed by atoms with Gasteiger partial charge in [-0.05, 0) is 62.1 Å². The Hall–Kier alpha value is -2.94. The molecule has 1 aromatic heterocycles. The molecule has 0 amide bonds. The maximum atomic E-state index is 13.7. The molecular formula is C31H41BrN4O4. The lowest BCUT2D eigenvalue weighted by Crippen LogP contribution is -2.31. The molecule has 9 heteroatoms. The fourth-order valence-electron chi connectivity index (χ4n) is 5.50. The Kier molecular flexibility index (Phi) is 9.22. The molecule has 1 saturated heterocycles. The summed E-state index contributed by atoms with van der Waals surface area (Å²) in [5.74, 6) is 0.845. The number of carboxylic acid groups (broad SMARTS) is 1. The molecule has 3 aliphatic rings. The second-order valence-corrected chi connectivity index (χ2v) is 12.2. The van der Waals surface area contributed by atoms with Gasteiger partial charge in [-0.1, -0.05) is 26.8 Å². The number of hydrogen-bond acceptors (Lipinski definition) is 6. The van der Waals surface area contributed by atoms with Crippen LogP contribution in [0.15, 0.2) is 24.3 Å². The van der Waals surface area contributed by atoms with Gasteiger partial charge in [0.1, 0.15) is 17.3 Å². The van der Waals surface area contributed by atoms with Crippen LogP contribution in [0, 0.1) is 5.41 Å². The number of halogens is 1. The zero-order valence-electron chi connectivity index (χ0n) is 23.8. The number of pyridine rings is 1. The number of ketones is 1. The van der Waals surface area contributed by atoms with E-state index >= 15 is 0 Å². The number of carboxylic acids is 1. The predicted molar refractivity (Wildman–Crippen MR) is 162 cm³/mol. The number of nitrogens with one attached hydrogen (secondary N) is 1. The Morgan fingerprint density at radius 1 is 1.12 bits per heavy atom. The van der Waals surface area contributed by atoms with Gasteiger partial charge in [-0.15, -0.1) is 17.0 Å². The van der Waals surface area contributed by atoms with E-state index in [-0.39, 0.29) is 41.1 Å². The van der Waals surface area contributed by atoms with Crippen molar-refractivity contribution in [1.29, 1.82) is 5.41 Å². The molecule has 5 rings (SSSR count). The van der Waals surface area contributed by atoms with Crippen molar-refractivity contribution in [3.63, 3.8) is 0 Å². The highest BCUT2D eigenvalue weighted by Gasteiger charge is 2.32. The number of amidine groups is 1. The van der Waals surface area contributed by atoms with Crippen LogP contribution in [-0.2, 0) is 16.8 Å². The number of benzene rings is 1. The molecule has 2 N–H and O–H groups in total. The standard InChI is InChI=1S/C31H40N4O4.BrH/c1-31(2,3)23-16-22(17-25(34-13-5-6-14-34)29(23)39-15-7-4-8-27(37)38)26(36)19-35-18-21-11-12-24(20-9-10-20)33-28(21)30(35)32;/h11-12,16-17,20,32H,4-10,13-15,18-19H2,1-3H3,(H,37,38);1H. The minimum Gasteiger partial charge on any atom is -0.491 e. The molecule has 216 valence electrons. The van der Waals surface area contributed by atoms with E-state index < -0.39 is 5.97 Å². The fourth-order valence-corrected chi connectivity index (χ4v) is 5.50. The van der Waals surface area contributed by atoms with E-state index in [0.717, 1.165) is 54.2 Å². The van der Waals surface area contributed by atoms with Gasteiger partial charge in [0.05, 0.1) is 18.8 Å². The first-order valence-corrected chi connectivity index (χ1v) is 14.3. The highest BCUT2D eigenvalue weighted by atomic mass is 79.9. The Bertz CT molecular complexity index is 1280. The lowest BCUT2D eigenvalue weighted by atomic mass is 9.84. The van der Waals surface area contributed by atoms with E-state index in [9.17, 15) is 9.59 Å². The Labute approximate surface area is 247 Å². The van der Waals surface area contributed by atoms with E-state index in [2.05, 4.69) is 37.8 Å². The van der Waals surface area contributed by atoms with Crippen LogP contribution < -0.4 is 9.64 Å². The topological polar surface area (TPSA) is 107 Å². The lowest BCUT2D eigenvalue weighted by molar-refractivity contribution is -0.137. The first-order chi connectivity index (χ1) is 18.6. The van der Waals surface area contributed by atoms with E-state index in [1.165, 1.54) is 12.8 Å². The third-order valence-corrected chi connectivity index (χ3v) is 7.91. The number of ether oxygens (including phenoxy) is 1. The molecule has 3 heterocycles. The van der Waals surface area contributed by atoms with Crippen molar-refractivity contribution in [3.8, 4) is 5.75 Å². The summed E-state index contributed by atoms with van der Waals surface area (Å²) in [6.45, 7) is 9.29. The number of anilines is 1. The van der Waals surface area contributed by atoms with Crippen LogP contribution in [0.25, 0.3) is 0 Å². The number of aliphatic carboxylic acids is 1. The number of carbonyl (C=O) groups excluding carboxylic acids is 1. The van der Waals surface area contributed by atoms with Crippen LogP contribution in [0.3, 0.4) is 0 Å². The number of unbranched alkanes of at least 4 members (excludes halogenated alkanes) is 1. The second kappa shape index (κ2) is 12.3. The van der Waals surface area contributed by atoms with E-state index in [0.29, 0.717) is 49.0 Å². The van der Waals surface area contributed by atoms with Crippen LogP contribution in [0.4, 0.5) is 5.69 Å². The van der Waals surface area contributed by atoms with Crippen molar-refractivity contribution >= 4 is 40.3 Å². The molecule has 40 heavy (non-hydrogen) atoms. The SMILES string of the molecule is Br.CC(C)(C)c1cc(C(=O)CN2Cc3ccc(C4CC4)nc3C2=N)cc(N2CCCC2)c1OCCCCC(=O)O. The third-order valence-electron chi connectivity index (χ3n) is 7.91. The molecular weight excluding hydrogens is 572 g/mol. The second-order valence-electron chi connectivity index (χ2n) is 12.2. The van der Waals surface area contributed by atoms with Crippen molar-refractivity contribution in [2.24, 2.45) is 0 Å². The summed E-state index contributed by atoms with van der Waals surface area (Å²) in [6, 6.07) is 8.07. The van der Waals surface area contributed by atoms with Crippen molar-refractivity contribution in [2.45, 2.75) is 83.6 Å². The maximum absolute atomic E-state index is 13.7. The molecule has 2 aromatic rings. The molecule has 1 aromatic carbocycles. The van der Waals surface area contributed by atoms with Gasteiger partial charge in [0.2, 0.25) is 0 Å². The van der Waals surface area contributed by atoms with Crippen molar-refractivity contribution < 1.29 is 19.4 Å². The Morgan fingerprint density at radius 2 is 1.85 bits per heavy atom. The minimum absolute atomic E-state index is 0. The number of aromatic nitrogens is 1. The van der Waals surface area contributed by atoms with E-state index in [1.807, 2.05) is 17.0 Å². The molecule has 0 unspecified atom stereocenters. The van der Waals surface area contributed by atoms with Gasteiger partial charge >= 0.3 is 5.97 Å². The van der Waals surface area contributed by atoms with Crippen LogP contribution in [0.1, 0.15) is 105 Å². The monoisotopic (exact) mass is 612 g/mol. The molecule has 8 nitrogen and oxygen atoms in total. The molecule has 2 fully saturated rings. The van der Waals surface area contributed by atoms with Crippen molar-refractivity contribution in [1.82, 2.24) is 9.88 Å². The van der Waals surface area contributed by atoms with E-state index in [4.69, 9.17) is 20.2 Å². The van der Waals surface area contributed by atoms with Crippen LogP contribution >= 0.6 is 17.0 Å². The summed E-state index contributed by atoms with van der Waals surface area (Å²) in [7, 11) is 0. The molecule has 2 aliphatic heterocycles. The predicted octanol–water partition coefficient (Wildman–Crippen LogP) is 6.09. The summed E-state index contributed by atoms with van der Waals surface area (Å²) in [5, 5.41) is 17.7. The van der Waals surface area contributed by atoms with Gasteiger partial charge in [-0.3, -0.25) is 15.0 Å². The molecule has 0 radical (unpaired) electrons. The number of Topliss-reactive ketones (excluding diaryl/α,β-unsaturated/α-hetero) is 1. The quantitative estimate of drug-likeness (QED) is 0.233. The van der Waals surface area contributed by atoms with Gasteiger partial charge in [0.25, 0.3) is 0 Å². The molecule has 1 aliphatic carbocycles. The highest BCUT2D eigenvalue weighted by Crippen LogP contribution is 2.42. The average Bonchev–Trinajstić information content (AvgIpc) is 3.50. The summed E-state index contributed by atoms with van der Waals surface area (Å²) < 4.78 is 6.35. The van der Waals surface area contributed by atoms with Gasteiger partial charge in [-0.25, -0.2) is 4.98 Å². The largest absolute Gasteiger partial charge is 0.491 e. The van der Waals surface area contributed by atoms with Gasteiger partial charge in [0, 0.05) is 54.4 Å². The molecule has 1 saturated carbocycles. The zero-order valence-corrected chi connectivity index (χ0v) is 25.5. The number of hydrogen-bond donors (Lipinski definition) is 2. The van der Waals surface area contributed by atoms with Crippen molar-refractivity contribution in [2.75, 3.05) is 31.1 Å². The number of fused-ring (bicyclic) bond motifs is 1. The Morgan fingerprint density at radius 3 is 2.50 bits per heavy atom. The van der Waals surface area contributed by atoms with Crippen LogP contribution in [-0.4, -0.2) is 58.8 Å². The zero-order chi connectivity index (χ0) is 27.7. The number of rotatable bonds is 11. The summed E-state index contributed by atoms with van der Waals surface area (Å²) in [5.41, 5.74) is 5.08. The lowest BCUT2D eigenvalue weighted by Gasteiger charge is -2.30. The summed E-state index contributed by atoms with van der Waals surface area (Å²) in [6.07, 6.45) is 5.88. The molecule has 0 bridgehead atoms. The highest BCUT2D eigenvalue weighted by molar-refractivity contribution is 8.93. The van der Waals surface area contributed by atoms with Crippen molar-refractivity contribution in [3.05, 3.63) is 52.3 Å². The van der Waals surface area contributed by atoms with Crippen LogP contribution in [0.5, 0.6) is 5.75 Å². The Balaban J connectivity index is 0.00000370. The van der Waals surface area contributed by atoms with E-state index in [1.54, 1.807) is 0 Å². The third kappa shape index (κ3) is 6.67. The molecule has 0 atom stereocenters. The van der Waals surface area contributed by atoms with Crippen LogP contribution in [0.2, 0.25) is 0 Å². The molecule has 0 spiro atoms. The first kappa shape index (κ1) is 30.0. The smallest absolute Gasteiger partial charge is 0.303 e. The number of carbonyl (C=O) groups is 2. The summed E-state index contributed by atoms with van der Waals surface area (Å²) in [4.78, 5) is 33.5. The first-order valence-electron chi connectivity index (χ1n) is 14.3. The average molecular weight is 614 g/mol. The van der Waals surface area contributed by atoms with Gasteiger partial charge in [-0.2, -0.15) is 0 Å². The maximum Gasteiger partial charge on any atom is 0.303 e. The normalized spacial score (nSPS) is 16.6. The minimum atomic E-state index is -0.792.